The van der Waals surface area contributed by atoms with Gasteiger partial charge >= 0.3 is 11.4 Å². The first-order chi connectivity index (χ1) is 17.8. The molecule has 0 aliphatic heterocycles. The average molecular weight is 523 g/mol. The maximum atomic E-state index is 13.3. The van der Waals surface area contributed by atoms with Gasteiger partial charge in [0.25, 0.3) is 0 Å². The second-order valence-corrected chi connectivity index (χ2v) is 8.35. The summed E-state index contributed by atoms with van der Waals surface area (Å²) in [6, 6.07) is 10.6. The minimum Gasteiger partial charge on any atom is -0.442 e. The maximum absolute atomic E-state index is 13.3. The summed E-state index contributed by atoms with van der Waals surface area (Å²) >= 11 is 5.97. The third kappa shape index (κ3) is 7.86. The van der Waals surface area contributed by atoms with E-state index in [0.717, 1.165) is 10.1 Å². The monoisotopic (exact) mass is 522 g/mol. The van der Waals surface area contributed by atoms with Crippen molar-refractivity contribution in [2.24, 2.45) is 0 Å². The summed E-state index contributed by atoms with van der Waals surface area (Å²) in [5, 5.41) is 20.5. The van der Waals surface area contributed by atoms with Gasteiger partial charge in [0.05, 0.1) is 13.2 Å². The van der Waals surface area contributed by atoms with E-state index in [9.17, 15) is 14.7 Å². The number of aromatic nitrogens is 5. The van der Waals surface area contributed by atoms with Crippen LogP contribution in [0, 0.1) is 0 Å². The van der Waals surface area contributed by atoms with Crippen molar-refractivity contribution in [3.05, 3.63) is 123 Å². The van der Waals surface area contributed by atoms with E-state index in [1.54, 1.807) is 49.5 Å². The van der Waals surface area contributed by atoms with E-state index in [2.05, 4.69) is 33.7 Å². The minimum absolute atomic E-state index is 0.0434. The van der Waals surface area contributed by atoms with E-state index in [1.807, 2.05) is 12.1 Å². The molecule has 2 N–H and O–H groups in total. The van der Waals surface area contributed by atoms with Crippen LogP contribution in [0.3, 0.4) is 0 Å². The third-order valence-electron chi connectivity index (χ3n) is 5.08. The number of ether oxygens (including phenoxy) is 1. The molecule has 0 bridgehead atoms. The molecule has 0 saturated carbocycles. The second-order valence-electron chi connectivity index (χ2n) is 7.92. The molecule has 2 aromatic heterocycles. The lowest BCUT2D eigenvalue weighted by Crippen LogP contribution is -2.43. The molecule has 0 saturated heterocycles. The molecule has 1 aromatic carbocycles. The SMILES string of the molecule is C=C/C(=C\C=C(/C)Oc1cccnn1)Nc1nc(=O)n(CC(=C)CO)c(=O)n1CCc1ccc(Cl)cc1. The number of hydrogen-bond acceptors (Lipinski definition) is 8. The van der Waals surface area contributed by atoms with Gasteiger partial charge in [0.2, 0.25) is 11.8 Å². The lowest BCUT2D eigenvalue weighted by atomic mass is 10.1. The number of anilines is 1. The summed E-state index contributed by atoms with van der Waals surface area (Å²) in [6.07, 6.45) is 6.86. The Labute approximate surface area is 218 Å². The van der Waals surface area contributed by atoms with Crippen LogP contribution in [0.25, 0.3) is 0 Å². The highest BCUT2D eigenvalue weighted by Crippen LogP contribution is 2.13. The van der Waals surface area contributed by atoms with Crippen LogP contribution in [0.2, 0.25) is 5.02 Å². The van der Waals surface area contributed by atoms with Crippen LogP contribution >= 0.6 is 11.6 Å². The maximum Gasteiger partial charge on any atom is 0.355 e. The van der Waals surface area contributed by atoms with Gasteiger partial charge in [-0.25, -0.2) is 14.2 Å². The molecule has 0 spiro atoms. The van der Waals surface area contributed by atoms with Gasteiger partial charge in [-0.05, 0) is 60.9 Å². The minimum atomic E-state index is -0.772. The van der Waals surface area contributed by atoms with E-state index < -0.39 is 11.4 Å². The molecule has 2 heterocycles. The molecular weight excluding hydrogens is 496 g/mol. The van der Waals surface area contributed by atoms with E-state index in [1.165, 1.54) is 10.6 Å². The number of aryl methyl sites for hydroxylation is 1. The normalized spacial score (nSPS) is 11.8. The Morgan fingerprint density at radius 3 is 2.59 bits per heavy atom. The number of hydrogen-bond donors (Lipinski definition) is 2. The highest BCUT2D eigenvalue weighted by Gasteiger charge is 2.14. The number of nitrogens with zero attached hydrogens (tertiary/aromatic N) is 5. The molecule has 37 heavy (non-hydrogen) atoms. The Morgan fingerprint density at radius 1 is 1.19 bits per heavy atom. The molecule has 0 aliphatic rings. The molecular formula is C26H27ClN6O4. The van der Waals surface area contributed by atoms with Crippen molar-refractivity contribution in [1.29, 1.82) is 0 Å². The average Bonchev–Trinajstić information content (AvgIpc) is 2.90. The van der Waals surface area contributed by atoms with Crippen LogP contribution in [0.1, 0.15) is 12.5 Å². The largest absolute Gasteiger partial charge is 0.442 e. The van der Waals surface area contributed by atoms with Gasteiger partial charge in [0.1, 0.15) is 5.76 Å². The summed E-state index contributed by atoms with van der Waals surface area (Å²) in [5.41, 5.74) is 0.352. The van der Waals surface area contributed by atoms with Crippen molar-refractivity contribution in [2.45, 2.75) is 26.4 Å². The Bertz CT molecular complexity index is 1430. The standard InChI is InChI=1S/C26H27ClN6O4/c1-4-22(12-7-19(3)37-23-6-5-14-28-31-23)29-24-30-25(35)33(16-18(2)17-34)26(36)32(24)15-13-20-8-10-21(27)11-9-20/h4-12,14,34H,1-2,13,15-17H2,3H3,(H,29,30,35)/b19-7+,22-12+. The van der Waals surface area contributed by atoms with Crippen LogP contribution in [0.4, 0.5) is 5.95 Å². The van der Waals surface area contributed by atoms with Gasteiger partial charge in [-0.1, -0.05) is 36.9 Å². The number of allylic oxidation sites excluding steroid dienone is 4. The lowest BCUT2D eigenvalue weighted by Gasteiger charge is -2.16. The number of benzene rings is 1. The molecule has 192 valence electrons. The first-order valence-electron chi connectivity index (χ1n) is 11.3. The van der Waals surface area contributed by atoms with E-state index >= 15 is 0 Å². The topological polar surface area (TPSA) is 124 Å². The van der Waals surface area contributed by atoms with Crippen molar-refractivity contribution in [1.82, 2.24) is 24.3 Å². The predicted molar refractivity (Wildman–Crippen MR) is 142 cm³/mol. The fraction of sp³-hybridized carbons (Fsp3) is 0.192. The first-order valence-corrected chi connectivity index (χ1v) is 11.7. The van der Waals surface area contributed by atoms with Gasteiger partial charge in [-0.2, -0.15) is 10.1 Å². The Kier molecular flexibility index (Phi) is 9.70. The Balaban J connectivity index is 1.92. The summed E-state index contributed by atoms with van der Waals surface area (Å²) in [7, 11) is 0. The molecule has 3 rings (SSSR count). The van der Waals surface area contributed by atoms with E-state index in [0.29, 0.717) is 34.4 Å². The third-order valence-corrected chi connectivity index (χ3v) is 5.33. The number of rotatable bonds is 12. The summed E-state index contributed by atoms with van der Waals surface area (Å²) < 4.78 is 7.88. The van der Waals surface area contributed by atoms with Crippen molar-refractivity contribution in [3.63, 3.8) is 0 Å². The van der Waals surface area contributed by atoms with Crippen LogP contribution in [-0.4, -0.2) is 36.0 Å². The van der Waals surface area contributed by atoms with Gasteiger partial charge in [-0.15, -0.1) is 5.10 Å². The number of aliphatic hydroxyl groups is 1. The Hall–Kier alpha value is -4.28. The highest BCUT2D eigenvalue weighted by molar-refractivity contribution is 6.30. The number of nitrogens with one attached hydrogen (secondary N) is 1. The molecule has 10 nitrogen and oxygen atoms in total. The van der Waals surface area contributed by atoms with Crippen molar-refractivity contribution < 1.29 is 9.84 Å². The predicted octanol–water partition coefficient (Wildman–Crippen LogP) is 3.10. The molecule has 3 aromatic rings. The molecule has 0 radical (unpaired) electrons. The summed E-state index contributed by atoms with van der Waals surface area (Å²) in [4.78, 5) is 30.1. The zero-order chi connectivity index (χ0) is 26.8. The van der Waals surface area contributed by atoms with Crippen LogP contribution in [0.5, 0.6) is 5.88 Å². The van der Waals surface area contributed by atoms with Crippen LogP contribution in [0.15, 0.2) is 101 Å². The van der Waals surface area contributed by atoms with Gasteiger partial charge in [0.15, 0.2) is 0 Å². The quantitative estimate of drug-likeness (QED) is 0.211. The van der Waals surface area contributed by atoms with Crippen molar-refractivity contribution >= 4 is 17.5 Å². The molecule has 0 amide bonds. The smallest absolute Gasteiger partial charge is 0.355 e. The van der Waals surface area contributed by atoms with E-state index in [-0.39, 0.29) is 25.6 Å². The van der Waals surface area contributed by atoms with Crippen molar-refractivity contribution in [3.8, 4) is 5.88 Å². The molecule has 0 unspecified atom stereocenters. The molecule has 0 atom stereocenters. The molecule has 11 heteroatoms. The lowest BCUT2D eigenvalue weighted by molar-refractivity contribution is 0.323. The molecule has 0 aliphatic carbocycles. The van der Waals surface area contributed by atoms with Gasteiger partial charge in [0, 0.05) is 29.5 Å². The zero-order valence-electron chi connectivity index (χ0n) is 20.3. The first kappa shape index (κ1) is 27.3. The second kappa shape index (κ2) is 13.1. The summed E-state index contributed by atoms with van der Waals surface area (Å²) in [6.45, 7) is 8.92. The Morgan fingerprint density at radius 2 is 1.95 bits per heavy atom. The number of aliphatic hydroxyl groups excluding tert-OH is 1. The highest BCUT2D eigenvalue weighted by atomic mass is 35.5. The fourth-order valence-corrected chi connectivity index (χ4v) is 3.29. The van der Waals surface area contributed by atoms with Gasteiger partial charge < -0.3 is 15.2 Å². The number of halogens is 1. The van der Waals surface area contributed by atoms with Crippen LogP contribution < -0.4 is 21.4 Å². The van der Waals surface area contributed by atoms with Crippen molar-refractivity contribution in [2.75, 3.05) is 11.9 Å². The zero-order valence-corrected chi connectivity index (χ0v) is 21.1. The van der Waals surface area contributed by atoms with E-state index in [4.69, 9.17) is 16.3 Å². The molecule has 0 fully saturated rings. The van der Waals surface area contributed by atoms with Crippen LogP contribution in [-0.2, 0) is 19.5 Å². The fourth-order valence-electron chi connectivity index (χ4n) is 3.17. The summed E-state index contributed by atoms with van der Waals surface area (Å²) in [5.74, 6) is 0.901. The van der Waals surface area contributed by atoms with Gasteiger partial charge in [-0.3, -0.25) is 4.57 Å².